The van der Waals surface area contributed by atoms with Crippen molar-refractivity contribution in [2.45, 2.75) is 39.0 Å². The average Bonchev–Trinajstić information content (AvgIpc) is 2.43. The van der Waals surface area contributed by atoms with Gasteiger partial charge in [0.25, 0.3) is 5.91 Å². The van der Waals surface area contributed by atoms with Crippen LogP contribution in [0.4, 0.5) is 0 Å². The third-order valence-electron chi connectivity index (χ3n) is 2.98. The van der Waals surface area contributed by atoms with Crippen LogP contribution in [0.2, 0.25) is 0 Å². The second-order valence-corrected chi connectivity index (χ2v) is 7.25. The molecule has 0 radical (unpaired) electrons. The second-order valence-electron chi connectivity index (χ2n) is 5.48. The molecular formula is C15H24N2O3S. The molecule has 2 N–H and O–H groups in total. The molecule has 0 aliphatic rings. The zero-order valence-electron chi connectivity index (χ0n) is 13.1. The van der Waals surface area contributed by atoms with Gasteiger partial charge in [-0.25, -0.2) is 13.1 Å². The highest BCUT2D eigenvalue weighted by atomic mass is 32.2. The number of hydrogen-bond donors (Lipinski definition) is 2. The minimum atomic E-state index is -3.58. The summed E-state index contributed by atoms with van der Waals surface area (Å²) in [4.78, 5) is 12.2. The molecule has 0 aliphatic carbocycles. The molecule has 0 spiro atoms. The van der Waals surface area contributed by atoms with Crippen molar-refractivity contribution in [2.24, 2.45) is 5.92 Å². The van der Waals surface area contributed by atoms with Gasteiger partial charge < -0.3 is 5.32 Å². The predicted molar refractivity (Wildman–Crippen MR) is 83.8 cm³/mol. The first kappa shape index (κ1) is 17.7. The van der Waals surface area contributed by atoms with Crippen LogP contribution in [0.5, 0.6) is 0 Å². The van der Waals surface area contributed by atoms with E-state index in [9.17, 15) is 13.2 Å². The molecule has 0 aliphatic heterocycles. The van der Waals surface area contributed by atoms with Crippen molar-refractivity contribution in [3.8, 4) is 0 Å². The van der Waals surface area contributed by atoms with Gasteiger partial charge in [-0.05, 0) is 37.0 Å². The minimum Gasteiger partial charge on any atom is -0.352 e. The maximum absolute atomic E-state index is 12.2. The number of hydrogen-bond acceptors (Lipinski definition) is 3. The largest absolute Gasteiger partial charge is 0.352 e. The fraction of sp³-hybridized carbons (Fsp3) is 0.533. The number of nitrogens with one attached hydrogen (secondary N) is 2. The van der Waals surface area contributed by atoms with Crippen LogP contribution in [-0.2, 0) is 10.0 Å². The molecule has 0 unspecified atom stereocenters. The molecule has 0 bridgehead atoms. The highest BCUT2D eigenvalue weighted by molar-refractivity contribution is 7.89. The average molecular weight is 312 g/mol. The summed E-state index contributed by atoms with van der Waals surface area (Å²) < 4.78 is 26.9. The van der Waals surface area contributed by atoms with E-state index in [2.05, 4.69) is 10.0 Å². The summed E-state index contributed by atoms with van der Waals surface area (Å²) in [6.07, 6.45) is 0.832. The molecule has 0 saturated heterocycles. The molecule has 118 valence electrons. The summed E-state index contributed by atoms with van der Waals surface area (Å²) in [6, 6.07) is 4.61. The van der Waals surface area contributed by atoms with E-state index in [0.717, 1.165) is 12.0 Å². The van der Waals surface area contributed by atoms with E-state index in [-0.39, 0.29) is 16.7 Å². The van der Waals surface area contributed by atoms with Crippen LogP contribution in [-0.4, -0.2) is 27.4 Å². The predicted octanol–water partition coefficient (Wildman–Crippen LogP) is 2.07. The lowest BCUT2D eigenvalue weighted by Crippen LogP contribution is -2.28. The van der Waals surface area contributed by atoms with E-state index in [1.165, 1.54) is 12.1 Å². The Morgan fingerprint density at radius 1 is 1.29 bits per heavy atom. The lowest BCUT2D eigenvalue weighted by molar-refractivity contribution is 0.0953. The molecule has 1 aromatic rings. The third-order valence-corrected chi connectivity index (χ3v) is 4.40. The van der Waals surface area contributed by atoms with Crippen LogP contribution in [0.25, 0.3) is 0 Å². The molecule has 1 aromatic carbocycles. The van der Waals surface area contributed by atoms with Crippen LogP contribution >= 0.6 is 0 Å². The molecule has 0 fully saturated rings. The monoisotopic (exact) mass is 312 g/mol. The van der Waals surface area contributed by atoms with Crippen molar-refractivity contribution >= 4 is 15.9 Å². The van der Waals surface area contributed by atoms with Gasteiger partial charge in [0.15, 0.2) is 0 Å². The van der Waals surface area contributed by atoms with E-state index >= 15 is 0 Å². The Hall–Kier alpha value is -1.40. The molecule has 1 rings (SSSR count). The number of amides is 1. The Morgan fingerprint density at radius 3 is 2.52 bits per heavy atom. The van der Waals surface area contributed by atoms with Crippen molar-refractivity contribution in [3.63, 3.8) is 0 Å². The summed E-state index contributed by atoms with van der Waals surface area (Å²) in [5, 5.41) is 2.76. The Kier molecular flexibility index (Phi) is 6.36. The van der Waals surface area contributed by atoms with E-state index in [1.54, 1.807) is 13.0 Å². The highest BCUT2D eigenvalue weighted by Gasteiger charge is 2.17. The van der Waals surface area contributed by atoms with Gasteiger partial charge in [0, 0.05) is 18.7 Å². The lowest BCUT2D eigenvalue weighted by Gasteiger charge is -2.12. The quantitative estimate of drug-likeness (QED) is 0.809. The van der Waals surface area contributed by atoms with Gasteiger partial charge in [0.2, 0.25) is 10.0 Å². The standard InChI is InChI=1S/C15H24N2O3S/c1-5-8-16-15(18)14-9-13(7-6-12(14)4)21(19,20)17-10-11(2)3/h6-7,9,11,17H,5,8,10H2,1-4H3,(H,16,18). The summed E-state index contributed by atoms with van der Waals surface area (Å²) in [5.74, 6) is -0.0205. The molecular weight excluding hydrogens is 288 g/mol. The first-order valence-corrected chi connectivity index (χ1v) is 8.64. The number of sulfonamides is 1. The zero-order chi connectivity index (χ0) is 16.0. The minimum absolute atomic E-state index is 0.121. The van der Waals surface area contributed by atoms with Gasteiger partial charge in [0.05, 0.1) is 4.90 Å². The highest BCUT2D eigenvalue weighted by Crippen LogP contribution is 2.16. The molecule has 0 aromatic heterocycles. The van der Waals surface area contributed by atoms with Crippen LogP contribution in [0.3, 0.4) is 0 Å². The topological polar surface area (TPSA) is 75.3 Å². The fourth-order valence-electron chi connectivity index (χ4n) is 1.71. The van der Waals surface area contributed by atoms with Gasteiger partial charge in [0.1, 0.15) is 0 Å². The number of rotatable bonds is 7. The third kappa shape index (κ3) is 5.13. The van der Waals surface area contributed by atoms with Gasteiger partial charge in [-0.3, -0.25) is 4.79 Å². The first-order valence-electron chi connectivity index (χ1n) is 7.16. The normalized spacial score (nSPS) is 11.7. The Bertz CT molecular complexity index is 595. The SMILES string of the molecule is CCCNC(=O)c1cc(S(=O)(=O)NCC(C)C)ccc1C. The summed E-state index contributed by atoms with van der Waals surface area (Å²) >= 11 is 0. The maximum Gasteiger partial charge on any atom is 0.251 e. The van der Waals surface area contributed by atoms with Gasteiger partial charge >= 0.3 is 0 Å². The van der Waals surface area contributed by atoms with Crippen LogP contribution in [0.15, 0.2) is 23.1 Å². The van der Waals surface area contributed by atoms with Gasteiger partial charge in [-0.2, -0.15) is 0 Å². The lowest BCUT2D eigenvalue weighted by atomic mass is 10.1. The van der Waals surface area contributed by atoms with Crippen LogP contribution < -0.4 is 10.0 Å². The molecule has 0 heterocycles. The molecule has 0 atom stereocenters. The van der Waals surface area contributed by atoms with E-state index in [1.807, 2.05) is 20.8 Å². The molecule has 0 saturated carbocycles. The van der Waals surface area contributed by atoms with E-state index in [4.69, 9.17) is 0 Å². The first-order chi connectivity index (χ1) is 9.77. The Morgan fingerprint density at radius 2 is 1.95 bits per heavy atom. The Balaban J connectivity index is 3.03. The number of carbonyl (C=O) groups is 1. The molecule has 5 nitrogen and oxygen atoms in total. The number of aryl methyl sites for hydroxylation is 1. The van der Waals surface area contributed by atoms with Crippen molar-refractivity contribution in [1.29, 1.82) is 0 Å². The van der Waals surface area contributed by atoms with E-state index in [0.29, 0.717) is 18.7 Å². The van der Waals surface area contributed by atoms with Crippen molar-refractivity contribution in [2.75, 3.05) is 13.1 Å². The summed E-state index contributed by atoms with van der Waals surface area (Å²) in [7, 11) is -3.58. The molecule has 6 heteroatoms. The maximum atomic E-state index is 12.2. The molecule has 1 amide bonds. The Labute approximate surface area is 127 Å². The van der Waals surface area contributed by atoms with E-state index < -0.39 is 10.0 Å². The van der Waals surface area contributed by atoms with Crippen LogP contribution in [0.1, 0.15) is 43.1 Å². The summed E-state index contributed by atoms with van der Waals surface area (Å²) in [6.45, 7) is 8.56. The zero-order valence-corrected chi connectivity index (χ0v) is 13.9. The van der Waals surface area contributed by atoms with Gasteiger partial charge in [-0.1, -0.05) is 26.8 Å². The number of carbonyl (C=O) groups excluding carboxylic acids is 1. The van der Waals surface area contributed by atoms with Gasteiger partial charge in [-0.15, -0.1) is 0 Å². The second kappa shape index (κ2) is 7.56. The number of benzene rings is 1. The van der Waals surface area contributed by atoms with Crippen molar-refractivity contribution < 1.29 is 13.2 Å². The van der Waals surface area contributed by atoms with Crippen molar-refractivity contribution in [3.05, 3.63) is 29.3 Å². The van der Waals surface area contributed by atoms with Crippen molar-refractivity contribution in [1.82, 2.24) is 10.0 Å². The molecule has 21 heavy (non-hydrogen) atoms. The van der Waals surface area contributed by atoms with Crippen LogP contribution in [0, 0.1) is 12.8 Å². The summed E-state index contributed by atoms with van der Waals surface area (Å²) in [5.41, 5.74) is 1.15. The smallest absolute Gasteiger partial charge is 0.251 e. The fourth-order valence-corrected chi connectivity index (χ4v) is 2.95.